The number of methoxy groups -OCH3 is 2. The Labute approximate surface area is 98.0 Å². The summed E-state index contributed by atoms with van der Waals surface area (Å²) in [5.74, 6) is 1.33. The van der Waals surface area contributed by atoms with E-state index in [1.165, 1.54) is 0 Å². The number of hydrogen-bond donors (Lipinski definition) is 1. The highest BCUT2D eigenvalue weighted by Gasteiger charge is 2.12. The maximum Gasteiger partial charge on any atom is 0.161 e. The van der Waals surface area contributed by atoms with Crippen molar-refractivity contribution in [2.75, 3.05) is 14.2 Å². The van der Waals surface area contributed by atoms with Gasteiger partial charge in [-0.2, -0.15) is 0 Å². The molecule has 0 radical (unpaired) electrons. The van der Waals surface area contributed by atoms with Crippen LogP contribution < -0.4 is 15.2 Å². The first-order chi connectivity index (χ1) is 7.13. The predicted octanol–water partition coefficient (Wildman–Crippen LogP) is 2.65. The zero-order chi connectivity index (χ0) is 11.4. The Morgan fingerprint density at radius 3 is 2.33 bits per heavy atom. The summed E-state index contributed by atoms with van der Waals surface area (Å²) in [6.45, 7) is 3.66. The standard InChI is InChI=1S/C11H14BrNO2/c1-4-9(13)7-5-10(14-2)11(15-3)6-8(7)12/h4-6,9H,1,13H2,2-3H3/t9-/m0/s1. The molecule has 15 heavy (non-hydrogen) atoms. The molecule has 0 unspecified atom stereocenters. The van der Waals surface area contributed by atoms with Gasteiger partial charge in [0.1, 0.15) is 0 Å². The van der Waals surface area contributed by atoms with Crippen molar-refractivity contribution in [1.29, 1.82) is 0 Å². The lowest BCUT2D eigenvalue weighted by Crippen LogP contribution is -2.07. The lowest BCUT2D eigenvalue weighted by molar-refractivity contribution is 0.354. The van der Waals surface area contributed by atoms with Gasteiger partial charge in [0.2, 0.25) is 0 Å². The molecule has 1 aromatic carbocycles. The van der Waals surface area contributed by atoms with Crippen molar-refractivity contribution >= 4 is 15.9 Å². The third-order valence-electron chi connectivity index (χ3n) is 2.12. The molecule has 0 bridgehead atoms. The lowest BCUT2D eigenvalue weighted by Gasteiger charge is -2.14. The lowest BCUT2D eigenvalue weighted by atomic mass is 10.1. The van der Waals surface area contributed by atoms with E-state index in [2.05, 4.69) is 22.5 Å². The topological polar surface area (TPSA) is 44.5 Å². The summed E-state index contributed by atoms with van der Waals surface area (Å²) in [6.07, 6.45) is 1.67. The minimum atomic E-state index is -0.223. The van der Waals surface area contributed by atoms with Crippen LogP contribution in [0.3, 0.4) is 0 Å². The first kappa shape index (κ1) is 12.1. The summed E-state index contributed by atoms with van der Waals surface area (Å²) in [6, 6.07) is 3.45. The van der Waals surface area contributed by atoms with Gasteiger partial charge in [-0.3, -0.25) is 0 Å². The second kappa shape index (κ2) is 5.19. The largest absolute Gasteiger partial charge is 0.493 e. The van der Waals surface area contributed by atoms with Gasteiger partial charge in [0, 0.05) is 10.5 Å². The quantitative estimate of drug-likeness (QED) is 0.857. The van der Waals surface area contributed by atoms with Crippen molar-refractivity contribution in [3.63, 3.8) is 0 Å². The summed E-state index contributed by atoms with van der Waals surface area (Å²) >= 11 is 3.43. The van der Waals surface area contributed by atoms with Crippen LogP contribution in [-0.2, 0) is 0 Å². The van der Waals surface area contributed by atoms with E-state index in [0.717, 1.165) is 10.0 Å². The smallest absolute Gasteiger partial charge is 0.161 e. The third-order valence-corrected chi connectivity index (χ3v) is 2.80. The second-order valence-corrected chi connectivity index (χ2v) is 3.84. The van der Waals surface area contributed by atoms with Crippen LogP contribution in [0.4, 0.5) is 0 Å². The third kappa shape index (κ3) is 2.52. The number of nitrogens with two attached hydrogens (primary N) is 1. The minimum absolute atomic E-state index is 0.223. The number of halogens is 1. The van der Waals surface area contributed by atoms with Gasteiger partial charge in [0.25, 0.3) is 0 Å². The van der Waals surface area contributed by atoms with E-state index in [1.807, 2.05) is 12.1 Å². The predicted molar refractivity (Wildman–Crippen MR) is 64.4 cm³/mol. The van der Waals surface area contributed by atoms with Crippen LogP contribution in [0.5, 0.6) is 11.5 Å². The van der Waals surface area contributed by atoms with E-state index in [0.29, 0.717) is 11.5 Å². The summed E-state index contributed by atoms with van der Waals surface area (Å²) in [7, 11) is 3.19. The first-order valence-corrected chi connectivity index (χ1v) is 5.23. The van der Waals surface area contributed by atoms with Crippen molar-refractivity contribution in [3.8, 4) is 11.5 Å². The van der Waals surface area contributed by atoms with E-state index >= 15 is 0 Å². The Bertz CT molecular complexity index is 366. The number of ether oxygens (including phenoxy) is 2. The van der Waals surface area contributed by atoms with Crippen LogP contribution in [0.2, 0.25) is 0 Å². The van der Waals surface area contributed by atoms with Gasteiger partial charge in [0.15, 0.2) is 11.5 Å². The molecule has 1 aromatic rings. The molecule has 1 rings (SSSR count). The molecule has 0 heterocycles. The van der Waals surface area contributed by atoms with Gasteiger partial charge in [-0.25, -0.2) is 0 Å². The molecular formula is C11H14BrNO2. The van der Waals surface area contributed by atoms with Crippen molar-refractivity contribution in [3.05, 3.63) is 34.8 Å². The monoisotopic (exact) mass is 271 g/mol. The van der Waals surface area contributed by atoms with Crippen LogP contribution in [0.25, 0.3) is 0 Å². The van der Waals surface area contributed by atoms with Crippen LogP contribution in [-0.4, -0.2) is 14.2 Å². The Kier molecular flexibility index (Phi) is 4.17. The molecule has 4 heteroatoms. The molecule has 82 valence electrons. The zero-order valence-corrected chi connectivity index (χ0v) is 10.4. The fourth-order valence-electron chi connectivity index (χ4n) is 1.25. The average Bonchev–Trinajstić information content (AvgIpc) is 2.27. The van der Waals surface area contributed by atoms with E-state index in [9.17, 15) is 0 Å². The van der Waals surface area contributed by atoms with E-state index in [-0.39, 0.29) is 6.04 Å². The van der Waals surface area contributed by atoms with Crippen LogP contribution in [0.15, 0.2) is 29.3 Å². The molecular weight excluding hydrogens is 258 g/mol. The highest BCUT2D eigenvalue weighted by molar-refractivity contribution is 9.10. The van der Waals surface area contributed by atoms with E-state index < -0.39 is 0 Å². The summed E-state index contributed by atoms with van der Waals surface area (Å²) in [5, 5.41) is 0. The highest BCUT2D eigenvalue weighted by atomic mass is 79.9. The van der Waals surface area contributed by atoms with Crippen LogP contribution >= 0.6 is 15.9 Å². The van der Waals surface area contributed by atoms with Gasteiger partial charge in [-0.15, -0.1) is 6.58 Å². The summed E-state index contributed by atoms with van der Waals surface area (Å²) < 4.78 is 11.2. The molecule has 0 spiro atoms. The van der Waals surface area contributed by atoms with Crippen LogP contribution in [0, 0.1) is 0 Å². The Morgan fingerprint density at radius 2 is 1.87 bits per heavy atom. The average molecular weight is 272 g/mol. The normalized spacial score (nSPS) is 12.0. The molecule has 0 saturated carbocycles. The molecule has 3 nitrogen and oxygen atoms in total. The van der Waals surface area contributed by atoms with Crippen molar-refractivity contribution < 1.29 is 9.47 Å². The SMILES string of the molecule is C=C[C@H](N)c1cc(OC)c(OC)cc1Br. The van der Waals surface area contributed by atoms with Crippen molar-refractivity contribution in [2.24, 2.45) is 5.73 Å². The Hall–Kier alpha value is -1.00. The molecule has 0 amide bonds. The van der Waals surface area contributed by atoms with Crippen molar-refractivity contribution in [1.82, 2.24) is 0 Å². The van der Waals surface area contributed by atoms with Gasteiger partial charge < -0.3 is 15.2 Å². The fraction of sp³-hybridized carbons (Fsp3) is 0.273. The maximum absolute atomic E-state index is 5.87. The minimum Gasteiger partial charge on any atom is -0.493 e. The zero-order valence-electron chi connectivity index (χ0n) is 8.79. The molecule has 0 fully saturated rings. The molecule has 0 saturated heterocycles. The summed E-state index contributed by atoms with van der Waals surface area (Å²) in [5.41, 5.74) is 6.78. The molecule has 0 aromatic heterocycles. The Morgan fingerprint density at radius 1 is 1.33 bits per heavy atom. The number of hydrogen-bond acceptors (Lipinski definition) is 3. The summed E-state index contributed by atoms with van der Waals surface area (Å²) in [4.78, 5) is 0. The van der Waals surface area contributed by atoms with Gasteiger partial charge in [-0.05, 0) is 17.7 Å². The first-order valence-electron chi connectivity index (χ1n) is 4.43. The number of rotatable bonds is 4. The van der Waals surface area contributed by atoms with E-state index in [4.69, 9.17) is 15.2 Å². The van der Waals surface area contributed by atoms with Gasteiger partial charge in [0.05, 0.1) is 14.2 Å². The fourth-order valence-corrected chi connectivity index (χ4v) is 1.84. The Balaban J connectivity index is 3.25. The van der Waals surface area contributed by atoms with Crippen molar-refractivity contribution in [2.45, 2.75) is 6.04 Å². The molecule has 0 aliphatic carbocycles. The second-order valence-electron chi connectivity index (χ2n) is 2.99. The molecule has 2 N–H and O–H groups in total. The molecule has 1 atom stereocenters. The number of benzene rings is 1. The maximum atomic E-state index is 5.87. The van der Waals surface area contributed by atoms with Gasteiger partial charge in [-0.1, -0.05) is 22.0 Å². The molecule has 0 aliphatic rings. The van der Waals surface area contributed by atoms with Crippen LogP contribution in [0.1, 0.15) is 11.6 Å². The van der Waals surface area contributed by atoms with Gasteiger partial charge >= 0.3 is 0 Å². The molecule has 0 aliphatic heterocycles. The highest BCUT2D eigenvalue weighted by Crippen LogP contribution is 2.35. The van der Waals surface area contributed by atoms with E-state index in [1.54, 1.807) is 20.3 Å².